The first-order chi connectivity index (χ1) is 10.6. The molecule has 22 heavy (non-hydrogen) atoms. The summed E-state index contributed by atoms with van der Waals surface area (Å²) in [7, 11) is 1.81. The minimum Gasteiger partial charge on any atom is -0.207 e. The van der Waals surface area contributed by atoms with Crippen LogP contribution in [0.3, 0.4) is 0 Å². The summed E-state index contributed by atoms with van der Waals surface area (Å²) in [5.41, 5.74) is 3.24. The summed E-state index contributed by atoms with van der Waals surface area (Å²) >= 11 is 0. The van der Waals surface area contributed by atoms with Gasteiger partial charge in [-0.1, -0.05) is 72.8 Å². The third-order valence-corrected chi connectivity index (χ3v) is 4.80. The van der Waals surface area contributed by atoms with E-state index in [-0.39, 0.29) is 4.90 Å². The van der Waals surface area contributed by atoms with E-state index >= 15 is 0 Å². The van der Waals surface area contributed by atoms with Crippen LogP contribution in [-0.2, 0) is 9.05 Å². The Morgan fingerprint density at radius 2 is 1.18 bits per heavy atom. The first kappa shape index (κ1) is 14.8. The van der Waals surface area contributed by atoms with Crippen LogP contribution < -0.4 is 0 Å². The van der Waals surface area contributed by atoms with Crippen LogP contribution >= 0.6 is 10.7 Å². The van der Waals surface area contributed by atoms with Crippen molar-refractivity contribution in [3.63, 3.8) is 0 Å². The van der Waals surface area contributed by atoms with Crippen LogP contribution in [0.4, 0.5) is 0 Å². The highest BCUT2D eigenvalue weighted by atomic mass is 35.7. The van der Waals surface area contributed by atoms with Crippen LogP contribution in [0.2, 0.25) is 0 Å². The molecule has 3 rings (SSSR count). The minimum atomic E-state index is -3.84. The van der Waals surface area contributed by atoms with E-state index in [1.165, 1.54) is 6.07 Å². The number of rotatable bonds is 3. The minimum absolute atomic E-state index is 0.127. The van der Waals surface area contributed by atoms with Crippen molar-refractivity contribution in [3.05, 3.63) is 78.9 Å². The summed E-state index contributed by atoms with van der Waals surface area (Å²) in [5.74, 6) is 0. The van der Waals surface area contributed by atoms with Crippen molar-refractivity contribution in [2.75, 3.05) is 0 Å². The highest BCUT2D eigenvalue weighted by Gasteiger charge is 2.20. The van der Waals surface area contributed by atoms with Gasteiger partial charge in [-0.3, -0.25) is 0 Å². The maximum Gasteiger partial charge on any atom is 0.261 e. The van der Waals surface area contributed by atoms with Gasteiger partial charge in [0, 0.05) is 16.2 Å². The monoisotopic (exact) mass is 328 g/mol. The van der Waals surface area contributed by atoms with Crippen LogP contribution in [0.25, 0.3) is 22.3 Å². The predicted octanol–water partition coefficient (Wildman–Crippen LogP) is 4.95. The van der Waals surface area contributed by atoms with E-state index in [4.69, 9.17) is 10.7 Å². The Bertz CT molecular complexity index is 889. The van der Waals surface area contributed by atoms with E-state index in [0.717, 1.165) is 16.7 Å². The van der Waals surface area contributed by atoms with Gasteiger partial charge in [0.05, 0.1) is 4.90 Å². The summed E-state index contributed by atoms with van der Waals surface area (Å²) in [6.45, 7) is 0. The molecule has 0 aliphatic rings. The quantitative estimate of drug-likeness (QED) is 0.638. The van der Waals surface area contributed by atoms with Gasteiger partial charge in [0.1, 0.15) is 0 Å². The lowest BCUT2D eigenvalue weighted by Gasteiger charge is -2.13. The zero-order chi connectivity index (χ0) is 15.6. The summed E-state index contributed by atoms with van der Waals surface area (Å²) in [6, 6.07) is 24.2. The zero-order valence-corrected chi connectivity index (χ0v) is 13.2. The van der Waals surface area contributed by atoms with Crippen LogP contribution in [0, 0.1) is 0 Å². The Hall–Kier alpha value is -2.10. The fourth-order valence-corrected chi connectivity index (χ4v) is 3.59. The fraction of sp³-hybridized carbons (Fsp3) is 0. The molecule has 4 heteroatoms. The molecule has 0 unspecified atom stereocenters. The molecule has 110 valence electrons. The molecule has 2 nitrogen and oxygen atoms in total. The molecule has 0 amide bonds. The normalized spacial score (nSPS) is 11.3. The van der Waals surface area contributed by atoms with Crippen LogP contribution in [-0.4, -0.2) is 8.42 Å². The van der Waals surface area contributed by atoms with Crippen molar-refractivity contribution >= 4 is 19.7 Å². The first-order valence-corrected chi connectivity index (χ1v) is 9.07. The molecule has 3 aromatic rings. The van der Waals surface area contributed by atoms with Crippen molar-refractivity contribution in [3.8, 4) is 22.3 Å². The second kappa shape index (κ2) is 5.95. The maximum absolute atomic E-state index is 12.0. The molecule has 0 aliphatic heterocycles. The molecule has 0 heterocycles. The Morgan fingerprint density at radius 3 is 1.73 bits per heavy atom. The van der Waals surface area contributed by atoms with E-state index < -0.39 is 9.05 Å². The lowest BCUT2D eigenvalue weighted by Crippen LogP contribution is -1.97. The van der Waals surface area contributed by atoms with Crippen LogP contribution in [0.5, 0.6) is 0 Å². The highest BCUT2D eigenvalue weighted by Crippen LogP contribution is 2.38. The molecule has 0 fully saturated rings. The Morgan fingerprint density at radius 1 is 0.636 bits per heavy atom. The van der Waals surface area contributed by atoms with Crippen molar-refractivity contribution in [2.45, 2.75) is 4.90 Å². The van der Waals surface area contributed by atoms with Gasteiger partial charge >= 0.3 is 0 Å². The van der Waals surface area contributed by atoms with Gasteiger partial charge in [-0.25, -0.2) is 8.42 Å². The average molecular weight is 329 g/mol. The van der Waals surface area contributed by atoms with E-state index in [0.29, 0.717) is 5.56 Å². The Kier molecular flexibility index (Phi) is 4.01. The molecule has 0 saturated heterocycles. The summed E-state index contributed by atoms with van der Waals surface area (Å²) in [5, 5.41) is 0. The van der Waals surface area contributed by atoms with Gasteiger partial charge in [0.25, 0.3) is 9.05 Å². The average Bonchev–Trinajstić information content (AvgIpc) is 2.55. The van der Waals surface area contributed by atoms with Crippen molar-refractivity contribution in [1.82, 2.24) is 0 Å². The Labute approximate surface area is 134 Å². The third kappa shape index (κ3) is 2.91. The highest BCUT2D eigenvalue weighted by molar-refractivity contribution is 8.13. The van der Waals surface area contributed by atoms with Gasteiger partial charge in [-0.05, 0) is 22.8 Å². The maximum atomic E-state index is 12.0. The number of hydrogen-bond acceptors (Lipinski definition) is 2. The molecule has 3 aromatic carbocycles. The van der Waals surface area contributed by atoms with E-state index in [1.54, 1.807) is 6.07 Å². The first-order valence-electron chi connectivity index (χ1n) is 6.76. The van der Waals surface area contributed by atoms with Crippen LogP contribution in [0.1, 0.15) is 0 Å². The molecule has 0 atom stereocenters. The summed E-state index contributed by atoms with van der Waals surface area (Å²) in [4.78, 5) is 0.127. The molecule has 0 aromatic heterocycles. The zero-order valence-electron chi connectivity index (χ0n) is 11.6. The van der Waals surface area contributed by atoms with Crippen LogP contribution in [0.15, 0.2) is 83.8 Å². The number of hydrogen-bond donors (Lipinski definition) is 0. The van der Waals surface area contributed by atoms with E-state index in [1.807, 2.05) is 66.7 Å². The van der Waals surface area contributed by atoms with Gasteiger partial charge in [0.15, 0.2) is 0 Å². The van der Waals surface area contributed by atoms with Gasteiger partial charge in [0.2, 0.25) is 0 Å². The molecule has 0 saturated carbocycles. The second-order valence-corrected chi connectivity index (χ2v) is 7.38. The van der Waals surface area contributed by atoms with Gasteiger partial charge in [-0.2, -0.15) is 0 Å². The second-order valence-electron chi connectivity index (χ2n) is 4.85. The molecular weight excluding hydrogens is 316 g/mol. The third-order valence-electron chi connectivity index (χ3n) is 3.44. The topological polar surface area (TPSA) is 34.1 Å². The molecule has 0 bridgehead atoms. The van der Waals surface area contributed by atoms with Crippen molar-refractivity contribution in [2.24, 2.45) is 0 Å². The SMILES string of the molecule is O=S(=O)(Cl)c1cccc(-c2ccccc2)c1-c1ccccc1. The molecule has 0 spiro atoms. The largest absolute Gasteiger partial charge is 0.261 e. The summed E-state index contributed by atoms with van der Waals surface area (Å²) < 4.78 is 24.0. The standard InChI is InChI=1S/C18H13ClO2S/c19-22(20,21)17-13-7-12-16(14-8-3-1-4-9-14)18(17)15-10-5-2-6-11-15/h1-13H. The fourth-order valence-electron chi connectivity index (χ4n) is 2.50. The van der Waals surface area contributed by atoms with Crippen molar-refractivity contribution < 1.29 is 8.42 Å². The smallest absolute Gasteiger partial charge is 0.207 e. The lowest BCUT2D eigenvalue weighted by atomic mass is 9.94. The summed E-state index contributed by atoms with van der Waals surface area (Å²) in [6.07, 6.45) is 0. The predicted molar refractivity (Wildman–Crippen MR) is 90.4 cm³/mol. The molecular formula is C18H13ClO2S. The van der Waals surface area contributed by atoms with Gasteiger partial charge in [-0.15, -0.1) is 0 Å². The molecule has 0 N–H and O–H groups in total. The molecule has 0 aliphatic carbocycles. The van der Waals surface area contributed by atoms with E-state index in [9.17, 15) is 8.42 Å². The van der Waals surface area contributed by atoms with Crippen molar-refractivity contribution in [1.29, 1.82) is 0 Å². The Balaban J connectivity index is 2.37. The van der Waals surface area contributed by atoms with E-state index in [2.05, 4.69) is 0 Å². The lowest BCUT2D eigenvalue weighted by molar-refractivity contribution is 0.610. The number of benzene rings is 3. The van der Waals surface area contributed by atoms with Gasteiger partial charge < -0.3 is 0 Å². The number of halogens is 1. The molecule has 0 radical (unpaired) electrons.